The van der Waals surface area contributed by atoms with Crippen LogP contribution in [0.1, 0.15) is 181 Å². The Kier molecular flexibility index (Phi) is 37.5. The number of aliphatic carboxylic acids is 1. The van der Waals surface area contributed by atoms with Crippen LogP contribution in [0.5, 0.6) is 0 Å². The Morgan fingerprint density at radius 1 is 0.571 bits per heavy atom. The number of phosphoric ester groups is 1. The van der Waals surface area contributed by atoms with Crippen LogP contribution in [0.2, 0.25) is 0 Å². The predicted octanol–water partition coefficient (Wildman–Crippen LogP) is 11.0. The lowest BCUT2D eigenvalue weighted by Crippen LogP contribution is -2.43. The molecule has 0 saturated carbocycles. The summed E-state index contributed by atoms with van der Waals surface area (Å²) in [6.45, 7) is 2.51. The molecule has 0 aliphatic carbocycles. The second kappa shape index (κ2) is 39.3. The molecule has 0 heterocycles. The zero-order chi connectivity index (χ0) is 41.4. The second-order valence-electron chi connectivity index (χ2n) is 14.5. The molecule has 0 aromatic rings. The van der Waals surface area contributed by atoms with E-state index in [-0.39, 0.29) is 12.8 Å². The molecule has 0 aromatic heterocycles. The number of aliphatic hydroxyl groups excluding tert-OH is 1. The van der Waals surface area contributed by atoms with Crippen molar-refractivity contribution in [2.24, 2.45) is 0 Å². The summed E-state index contributed by atoms with van der Waals surface area (Å²) in [5, 5.41) is 21.8. The first-order chi connectivity index (χ1) is 27.1. The lowest BCUT2D eigenvalue weighted by molar-refractivity contribution is -0.147. The Morgan fingerprint density at radius 2 is 1.00 bits per heavy atom. The molecule has 0 radical (unpaired) electrons. The van der Waals surface area contributed by atoms with E-state index in [4.69, 9.17) is 13.8 Å². The van der Waals surface area contributed by atoms with Crippen LogP contribution in [0.15, 0.2) is 48.6 Å². The average molecular weight is 812 g/mol. The smallest absolute Gasteiger partial charge is 0.472 e. The molecule has 11 nitrogen and oxygen atoms in total. The summed E-state index contributed by atoms with van der Waals surface area (Å²) in [5.74, 6) is -2.40. The monoisotopic (exact) mass is 812 g/mol. The molecule has 0 aliphatic heterocycles. The van der Waals surface area contributed by atoms with Gasteiger partial charge in [-0.2, -0.15) is 0 Å². The van der Waals surface area contributed by atoms with E-state index < -0.39 is 57.6 Å². The predicted molar refractivity (Wildman–Crippen MR) is 226 cm³/mol. The Bertz CT molecular complexity index is 1140. The van der Waals surface area contributed by atoms with Crippen LogP contribution < -0.4 is 5.32 Å². The first-order valence-electron chi connectivity index (χ1n) is 21.7. The molecule has 0 aliphatic rings. The Morgan fingerprint density at radius 3 is 1.50 bits per heavy atom. The summed E-state index contributed by atoms with van der Waals surface area (Å²) in [6.07, 6.45) is 42.7. The lowest BCUT2D eigenvalue weighted by atomic mass is 10.1. The maximum atomic E-state index is 12.3. The van der Waals surface area contributed by atoms with Gasteiger partial charge < -0.3 is 25.2 Å². The number of ether oxygens (including phenoxy) is 1. The zero-order valence-electron chi connectivity index (χ0n) is 34.9. The van der Waals surface area contributed by atoms with Crippen LogP contribution in [0.3, 0.4) is 0 Å². The molecule has 4 N–H and O–H groups in total. The molecule has 0 rings (SSSR count). The summed E-state index contributed by atoms with van der Waals surface area (Å²) in [5.41, 5.74) is 0. The Hall–Kier alpha value is -2.56. The van der Waals surface area contributed by atoms with E-state index in [0.717, 1.165) is 89.9 Å². The molecule has 1 amide bonds. The van der Waals surface area contributed by atoms with E-state index in [1.54, 1.807) is 0 Å². The molecule has 324 valence electrons. The van der Waals surface area contributed by atoms with Crippen molar-refractivity contribution in [1.82, 2.24) is 5.32 Å². The molecule has 56 heavy (non-hydrogen) atoms. The van der Waals surface area contributed by atoms with E-state index >= 15 is 0 Å². The van der Waals surface area contributed by atoms with E-state index in [0.29, 0.717) is 12.8 Å². The number of esters is 1. The third-order valence-corrected chi connectivity index (χ3v) is 10.0. The number of amides is 1. The van der Waals surface area contributed by atoms with Crippen molar-refractivity contribution in [3.05, 3.63) is 48.6 Å². The van der Waals surface area contributed by atoms with Crippen LogP contribution in [0.25, 0.3) is 0 Å². The maximum Gasteiger partial charge on any atom is 0.472 e. The molecule has 0 bridgehead atoms. The molecule has 3 atom stereocenters. The number of phosphoric acid groups is 1. The fraction of sp³-hybridized carbons (Fsp3) is 0.750. The minimum Gasteiger partial charge on any atom is -0.480 e. The van der Waals surface area contributed by atoms with Gasteiger partial charge in [0.15, 0.2) is 6.04 Å². The SMILES string of the molecule is CCCC/C=C\C/C=C\CCCCCCCC(=O)OCC(O)COP(=O)(O)OCC(NC(=O)CCCCCCCCC/C=C\C/C=C\CCCCCC)C(=O)O. The highest BCUT2D eigenvalue weighted by molar-refractivity contribution is 7.47. The van der Waals surface area contributed by atoms with E-state index in [9.17, 15) is 34.1 Å². The first-order valence-corrected chi connectivity index (χ1v) is 23.2. The number of unbranched alkanes of at least 4 members (excludes halogenated alkanes) is 18. The highest BCUT2D eigenvalue weighted by atomic mass is 31.2. The fourth-order valence-electron chi connectivity index (χ4n) is 5.65. The van der Waals surface area contributed by atoms with Gasteiger partial charge in [0.25, 0.3) is 0 Å². The third kappa shape index (κ3) is 38.3. The van der Waals surface area contributed by atoms with Crippen molar-refractivity contribution < 1.29 is 47.8 Å². The highest BCUT2D eigenvalue weighted by Gasteiger charge is 2.28. The Labute approximate surface area is 339 Å². The van der Waals surface area contributed by atoms with E-state index in [1.807, 2.05) is 0 Å². The maximum absolute atomic E-state index is 12.3. The molecule has 3 unspecified atom stereocenters. The van der Waals surface area contributed by atoms with Gasteiger partial charge in [0.2, 0.25) is 5.91 Å². The van der Waals surface area contributed by atoms with Crippen LogP contribution in [-0.4, -0.2) is 64.9 Å². The number of hydrogen-bond donors (Lipinski definition) is 4. The quantitative estimate of drug-likeness (QED) is 0.0202. The summed E-state index contributed by atoms with van der Waals surface area (Å²) in [7, 11) is -4.76. The minimum atomic E-state index is -4.76. The number of carbonyl (C=O) groups is 3. The number of aliphatic hydroxyl groups is 1. The first kappa shape index (κ1) is 53.4. The summed E-state index contributed by atoms with van der Waals surface area (Å²) >= 11 is 0. The standard InChI is InChI=1S/C44H78NO10P/c1-3-5-7-9-11-13-15-17-19-20-21-22-23-25-27-29-31-33-35-42(47)45-41(44(49)50)39-55-56(51,52)54-38-40(46)37-53-43(48)36-34-32-30-28-26-24-18-16-14-12-10-8-6-4-2/h10,12-13,15-16,18-20,40-41,46H,3-9,11,14,17,21-39H2,1-2H3,(H,45,47)(H,49,50)(H,51,52)/b12-10-,15-13-,18-16-,20-19-. The molecule has 0 fully saturated rings. The third-order valence-electron chi connectivity index (χ3n) is 9.09. The number of hydrogen-bond acceptors (Lipinski definition) is 8. The average Bonchev–Trinajstić information content (AvgIpc) is 3.17. The molecular weight excluding hydrogens is 733 g/mol. The largest absolute Gasteiger partial charge is 0.480 e. The van der Waals surface area contributed by atoms with Crippen molar-refractivity contribution in [3.63, 3.8) is 0 Å². The number of allylic oxidation sites excluding steroid dienone is 8. The molecule has 0 saturated heterocycles. The van der Waals surface area contributed by atoms with Gasteiger partial charge in [0.1, 0.15) is 12.7 Å². The van der Waals surface area contributed by atoms with Crippen LogP contribution in [0, 0.1) is 0 Å². The number of nitrogens with one attached hydrogen (secondary N) is 1. The second-order valence-corrected chi connectivity index (χ2v) is 16.0. The molecule has 12 heteroatoms. The van der Waals surface area contributed by atoms with Gasteiger partial charge in [-0.3, -0.25) is 18.6 Å². The van der Waals surface area contributed by atoms with Gasteiger partial charge in [0.05, 0.1) is 13.2 Å². The highest BCUT2D eigenvalue weighted by Crippen LogP contribution is 2.43. The van der Waals surface area contributed by atoms with Crippen LogP contribution in [0.4, 0.5) is 0 Å². The normalized spacial score (nSPS) is 14.2. The van der Waals surface area contributed by atoms with Gasteiger partial charge in [-0.05, 0) is 70.6 Å². The summed E-state index contributed by atoms with van der Waals surface area (Å²) in [4.78, 5) is 45.9. The topological polar surface area (TPSA) is 169 Å². The van der Waals surface area contributed by atoms with E-state index in [2.05, 4.69) is 67.8 Å². The van der Waals surface area contributed by atoms with Crippen LogP contribution >= 0.6 is 7.82 Å². The fourth-order valence-corrected chi connectivity index (χ4v) is 6.43. The number of carboxylic acid groups (broad SMARTS) is 1. The summed E-state index contributed by atoms with van der Waals surface area (Å²) in [6, 6.07) is -1.55. The van der Waals surface area contributed by atoms with Gasteiger partial charge in [-0.25, -0.2) is 9.36 Å². The number of carbonyl (C=O) groups excluding carboxylic acids is 2. The van der Waals surface area contributed by atoms with Gasteiger partial charge in [-0.15, -0.1) is 0 Å². The van der Waals surface area contributed by atoms with Crippen molar-refractivity contribution >= 4 is 25.7 Å². The minimum absolute atomic E-state index is 0.134. The van der Waals surface area contributed by atoms with Crippen LogP contribution in [-0.2, 0) is 32.7 Å². The zero-order valence-corrected chi connectivity index (χ0v) is 35.8. The molecule has 0 aromatic carbocycles. The van der Waals surface area contributed by atoms with E-state index in [1.165, 1.54) is 51.4 Å². The molecule has 0 spiro atoms. The number of carboxylic acids is 1. The van der Waals surface area contributed by atoms with Crippen molar-refractivity contribution in [2.75, 3.05) is 19.8 Å². The van der Waals surface area contributed by atoms with Gasteiger partial charge >= 0.3 is 19.8 Å². The lowest BCUT2D eigenvalue weighted by Gasteiger charge is -2.18. The van der Waals surface area contributed by atoms with Crippen molar-refractivity contribution in [2.45, 2.75) is 193 Å². The number of rotatable bonds is 40. The van der Waals surface area contributed by atoms with Crippen molar-refractivity contribution in [3.8, 4) is 0 Å². The summed E-state index contributed by atoms with van der Waals surface area (Å²) < 4.78 is 26.8. The Balaban J connectivity index is 3.95. The van der Waals surface area contributed by atoms with Gasteiger partial charge in [0, 0.05) is 12.8 Å². The van der Waals surface area contributed by atoms with Gasteiger partial charge in [-0.1, -0.05) is 146 Å². The molecular formula is C44H78NO10P. The van der Waals surface area contributed by atoms with Crippen molar-refractivity contribution in [1.29, 1.82) is 0 Å².